The van der Waals surface area contributed by atoms with Crippen LogP contribution in [0.4, 0.5) is 0 Å². The lowest BCUT2D eigenvalue weighted by Crippen LogP contribution is -2.45. The number of thiophene rings is 1. The largest absolute Gasteiger partial charge is 0.379 e. The van der Waals surface area contributed by atoms with Crippen molar-refractivity contribution in [3.8, 4) is 0 Å². The predicted octanol–water partition coefficient (Wildman–Crippen LogP) is 1.09. The zero-order valence-electron chi connectivity index (χ0n) is 12.8. The highest BCUT2D eigenvalue weighted by atomic mass is 32.1. The molecule has 0 bridgehead atoms. The molecule has 2 unspecified atom stereocenters. The van der Waals surface area contributed by atoms with Gasteiger partial charge in [0, 0.05) is 37.0 Å². The summed E-state index contributed by atoms with van der Waals surface area (Å²) < 4.78 is 5.43. The Kier molecular flexibility index (Phi) is 6.63. The van der Waals surface area contributed by atoms with Gasteiger partial charge in [-0.1, -0.05) is 13.0 Å². The summed E-state index contributed by atoms with van der Waals surface area (Å²) in [5.41, 5.74) is 0. The Morgan fingerprint density at radius 3 is 2.81 bits per heavy atom. The third kappa shape index (κ3) is 4.78. The number of hydrogen-bond acceptors (Lipinski definition) is 5. The Balaban J connectivity index is 1.94. The van der Waals surface area contributed by atoms with Crippen LogP contribution in [0.25, 0.3) is 0 Å². The lowest BCUT2D eigenvalue weighted by atomic mass is 10.1. The smallest absolute Gasteiger partial charge is 0.224 e. The van der Waals surface area contributed by atoms with Gasteiger partial charge in [0.1, 0.15) is 0 Å². The molecule has 0 radical (unpaired) electrons. The second kappa shape index (κ2) is 8.48. The molecule has 1 aliphatic rings. The van der Waals surface area contributed by atoms with Gasteiger partial charge in [0.15, 0.2) is 0 Å². The number of morpholine rings is 1. The van der Waals surface area contributed by atoms with Crippen LogP contribution in [-0.4, -0.2) is 57.2 Å². The van der Waals surface area contributed by atoms with Gasteiger partial charge in [-0.05, 0) is 18.5 Å². The van der Waals surface area contributed by atoms with Crippen molar-refractivity contribution in [3.05, 3.63) is 22.4 Å². The standard InChI is InChI=1S/C15H25N3O2S/c1-12(10-16-2)15(19)17-11-13(14-4-3-9-21-14)18-5-7-20-8-6-18/h3-4,9,12-13,16H,5-8,10-11H2,1-2H3,(H,17,19). The van der Waals surface area contributed by atoms with Crippen LogP contribution in [0.5, 0.6) is 0 Å². The fraction of sp³-hybridized carbons (Fsp3) is 0.667. The number of carbonyl (C=O) groups is 1. The Bertz CT molecular complexity index is 419. The number of carbonyl (C=O) groups excluding carboxylic acids is 1. The van der Waals surface area contributed by atoms with Crippen LogP contribution >= 0.6 is 11.3 Å². The Morgan fingerprint density at radius 1 is 1.43 bits per heavy atom. The van der Waals surface area contributed by atoms with Gasteiger partial charge in [-0.15, -0.1) is 11.3 Å². The number of rotatable bonds is 7. The van der Waals surface area contributed by atoms with Gasteiger partial charge in [-0.25, -0.2) is 0 Å². The molecule has 0 saturated carbocycles. The van der Waals surface area contributed by atoms with E-state index in [0.717, 1.165) is 26.3 Å². The molecular formula is C15H25N3O2S. The van der Waals surface area contributed by atoms with Gasteiger partial charge in [-0.2, -0.15) is 0 Å². The molecule has 1 aromatic heterocycles. The first-order chi connectivity index (χ1) is 10.2. The molecule has 1 saturated heterocycles. The van der Waals surface area contributed by atoms with Crippen molar-refractivity contribution in [2.75, 3.05) is 46.4 Å². The minimum absolute atomic E-state index is 0.0105. The molecule has 2 rings (SSSR count). The van der Waals surface area contributed by atoms with Gasteiger partial charge in [-0.3, -0.25) is 9.69 Å². The first-order valence-corrected chi connectivity index (χ1v) is 8.38. The van der Waals surface area contributed by atoms with E-state index in [2.05, 4.69) is 33.0 Å². The Morgan fingerprint density at radius 2 is 2.19 bits per heavy atom. The molecular weight excluding hydrogens is 286 g/mol. The summed E-state index contributed by atoms with van der Waals surface area (Å²) in [5, 5.41) is 8.23. The average molecular weight is 311 g/mol. The summed E-state index contributed by atoms with van der Waals surface area (Å²) in [5.74, 6) is 0.0999. The maximum Gasteiger partial charge on any atom is 0.224 e. The minimum atomic E-state index is -0.0105. The lowest BCUT2D eigenvalue weighted by Gasteiger charge is -2.34. The van der Waals surface area contributed by atoms with Crippen LogP contribution in [0.2, 0.25) is 0 Å². The summed E-state index contributed by atoms with van der Waals surface area (Å²) >= 11 is 1.75. The predicted molar refractivity (Wildman–Crippen MR) is 85.6 cm³/mol. The van der Waals surface area contributed by atoms with Crippen molar-refractivity contribution in [3.63, 3.8) is 0 Å². The minimum Gasteiger partial charge on any atom is -0.379 e. The highest BCUT2D eigenvalue weighted by molar-refractivity contribution is 7.10. The number of hydrogen-bond donors (Lipinski definition) is 2. The number of nitrogens with one attached hydrogen (secondary N) is 2. The second-order valence-electron chi connectivity index (χ2n) is 5.38. The highest BCUT2D eigenvalue weighted by Crippen LogP contribution is 2.25. The van der Waals surface area contributed by atoms with Crippen LogP contribution in [0.3, 0.4) is 0 Å². The molecule has 2 N–H and O–H groups in total. The molecule has 21 heavy (non-hydrogen) atoms. The van der Waals surface area contributed by atoms with Crippen LogP contribution in [0.1, 0.15) is 17.8 Å². The van der Waals surface area contributed by atoms with Crippen molar-refractivity contribution >= 4 is 17.2 Å². The van der Waals surface area contributed by atoms with E-state index < -0.39 is 0 Å². The lowest BCUT2D eigenvalue weighted by molar-refractivity contribution is -0.124. The molecule has 6 heteroatoms. The van der Waals surface area contributed by atoms with Crippen molar-refractivity contribution < 1.29 is 9.53 Å². The zero-order valence-corrected chi connectivity index (χ0v) is 13.6. The molecule has 1 amide bonds. The summed E-state index contributed by atoms with van der Waals surface area (Å²) in [7, 11) is 1.87. The van der Waals surface area contributed by atoms with Crippen LogP contribution in [0, 0.1) is 5.92 Å². The van der Waals surface area contributed by atoms with Crippen molar-refractivity contribution in [1.82, 2.24) is 15.5 Å². The molecule has 118 valence electrons. The molecule has 2 atom stereocenters. The SMILES string of the molecule is CNCC(C)C(=O)NCC(c1cccs1)N1CCOCC1. The second-order valence-corrected chi connectivity index (χ2v) is 6.36. The van der Waals surface area contributed by atoms with Crippen molar-refractivity contribution in [2.24, 2.45) is 5.92 Å². The van der Waals surface area contributed by atoms with E-state index in [9.17, 15) is 4.79 Å². The van der Waals surface area contributed by atoms with Gasteiger partial charge in [0.2, 0.25) is 5.91 Å². The molecule has 1 fully saturated rings. The van der Waals surface area contributed by atoms with E-state index >= 15 is 0 Å². The first-order valence-electron chi connectivity index (χ1n) is 7.50. The molecule has 5 nitrogen and oxygen atoms in total. The van der Waals surface area contributed by atoms with Gasteiger partial charge < -0.3 is 15.4 Å². The molecule has 2 heterocycles. The van der Waals surface area contributed by atoms with E-state index in [0.29, 0.717) is 13.1 Å². The van der Waals surface area contributed by atoms with E-state index in [1.54, 1.807) is 11.3 Å². The third-order valence-corrected chi connectivity index (χ3v) is 4.76. The van der Waals surface area contributed by atoms with Crippen molar-refractivity contribution in [1.29, 1.82) is 0 Å². The molecule has 0 spiro atoms. The number of ether oxygens (including phenoxy) is 1. The normalized spacial score (nSPS) is 19.1. The van der Waals surface area contributed by atoms with Gasteiger partial charge in [0.25, 0.3) is 0 Å². The maximum atomic E-state index is 12.1. The van der Waals surface area contributed by atoms with Crippen LogP contribution < -0.4 is 10.6 Å². The topological polar surface area (TPSA) is 53.6 Å². The fourth-order valence-corrected chi connectivity index (χ4v) is 3.41. The maximum absolute atomic E-state index is 12.1. The van der Waals surface area contributed by atoms with Gasteiger partial charge >= 0.3 is 0 Å². The zero-order chi connectivity index (χ0) is 15.1. The van der Waals surface area contributed by atoms with E-state index in [-0.39, 0.29) is 17.9 Å². The molecule has 1 aliphatic heterocycles. The van der Waals surface area contributed by atoms with Crippen LogP contribution in [0.15, 0.2) is 17.5 Å². The van der Waals surface area contributed by atoms with Crippen LogP contribution in [-0.2, 0) is 9.53 Å². The average Bonchev–Trinajstić information content (AvgIpc) is 3.03. The summed E-state index contributed by atoms with van der Waals surface area (Å²) in [6.45, 7) is 6.69. The Labute approximate surface area is 130 Å². The van der Waals surface area contributed by atoms with Gasteiger partial charge in [0.05, 0.1) is 19.3 Å². The summed E-state index contributed by atoms with van der Waals surface area (Å²) in [6, 6.07) is 4.46. The van der Waals surface area contributed by atoms with E-state index in [4.69, 9.17) is 4.74 Å². The number of nitrogens with zero attached hydrogens (tertiary/aromatic N) is 1. The monoisotopic (exact) mass is 311 g/mol. The molecule has 0 aromatic carbocycles. The first kappa shape index (κ1) is 16.4. The summed E-state index contributed by atoms with van der Waals surface area (Å²) in [6.07, 6.45) is 0. The van der Waals surface area contributed by atoms with Crippen molar-refractivity contribution in [2.45, 2.75) is 13.0 Å². The quantitative estimate of drug-likeness (QED) is 0.791. The summed E-state index contributed by atoms with van der Waals surface area (Å²) in [4.78, 5) is 15.8. The fourth-order valence-electron chi connectivity index (χ4n) is 2.55. The number of amides is 1. The Hall–Kier alpha value is -0.950. The molecule has 0 aliphatic carbocycles. The molecule has 1 aromatic rings. The van der Waals surface area contributed by atoms with E-state index in [1.807, 2.05) is 14.0 Å². The highest BCUT2D eigenvalue weighted by Gasteiger charge is 2.24. The van der Waals surface area contributed by atoms with E-state index in [1.165, 1.54) is 4.88 Å². The third-order valence-electron chi connectivity index (χ3n) is 3.79.